The second kappa shape index (κ2) is 6.78. The first-order valence-corrected chi connectivity index (χ1v) is 8.04. The fourth-order valence-electron chi connectivity index (χ4n) is 2.78. The first kappa shape index (κ1) is 14.8. The molecule has 5 nitrogen and oxygen atoms in total. The predicted octanol–water partition coefficient (Wildman–Crippen LogP) is 3.45. The molecule has 1 aromatic heterocycles. The van der Waals surface area contributed by atoms with Crippen molar-refractivity contribution in [2.75, 3.05) is 6.54 Å². The van der Waals surface area contributed by atoms with Gasteiger partial charge in [0, 0.05) is 24.2 Å². The van der Waals surface area contributed by atoms with Gasteiger partial charge in [-0.2, -0.15) is 4.98 Å². The van der Waals surface area contributed by atoms with Gasteiger partial charge in [0.1, 0.15) is 0 Å². The van der Waals surface area contributed by atoms with Crippen LogP contribution >= 0.6 is 0 Å². The minimum Gasteiger partial charge on any atom is -0.334 e. The number of hydrogen-bond donors (Lipinski definition) is 2. The summed E-state index contributed by atoms with van der Waals surface area (Å²) in [5, 5.41) is 4.09. The van der Waals surface area contributed by atoms with Crippen LogP contribution in [0.5, 0.6) is 0 Å². The highest BCUT2D eigenvalue weighted by Gasteiger charge is 2.17. The van der Waals surface area contributed by atoms with Crippen LogP contribution in [0.3, 0.4) is 0 Å². The second-order valence-corrected chi connectivity index (χ2v) is 5.74. The summed E-state index contributed by atoms with van der Waals surface area (Å²) in [5.74, 6) is 1.11. The first-order valence-electron chi connectivity index (χ1n) is 8.04. The number of hydrazine groups is 1. The molecular formula is C19H18N4O. The number of nitrogens with one attached hydrogen (secondary N) is 2. The van der Waals surface area contributed by atoms with Crippen LogP contribution in [0.1, 0.15) is 29.5 Å². The Morgan fingerprint density at radius 1 is 1.04 bits per heavy atom. The molecule has 0 spiro atoms. The average Bonchev–Trinajstić information content (AvgIpc) is 3.33. The van der Waals surface area contributed by atoms with Gasteiger partial charge in [0.25, 0.3) is 5.89 Å². The first-order chi connectivity index (χ1) is 11.9. The minimum atomic E-state index is 0.328. The molecule has 24 heavy (non-hydrogen) atoms. The van der Waals surface area contributed by atoms with Crippen LogP contribution in [0.15, 0.2) is 59.1 Å². The summed E-state index contributed by atoms with van der Waals surface area (Å²) in [4.78, 5) is 4.46. The lowest BCUT2D eigenvalue weighted by Crippen LogP contribution is -2.24. The molecule has 5 heteroatoms. The van der Waals surface area contributed by atoms with Gasteiger partial charge in [0.05, 0.1) is 0 Å². The molecule has 120 valence electrons. The molecule has 1 saturated heterocycles. The Morgan fingerprint density at radius 3 is 2.79 bits per heavy atom. The Labute approximate surface area is 140 Å². The molecule has 1 fully saturated rings. The van der Waals surface area contributed by atoms with E-state index in [1.54, 1.807) is 0 Å². The summed E-state index contributed by atoms with van der Waals surface area (Å²) in [7, 11) is 0. The van der Waals surface area contributed by atoms with Gasteiger partial charge in [-0.1, -0.05) is 53.7 Å². The third kappa shape index (κ3) is 3.27. The zero-order valence-corrected chi connectivity index (χ0v) is 13.1. The standard InChI is InChI=1S/C19H18N4O/c1-2-5-14(6-3-1)9-10-18-21-19(23-24-18)16-8-4-7-15(13-16)17-11-12-20-22-17/h1-10,13,17,20,22H,11-12H2/b10-9+. The van der Waals surface area contributed by atoms with E-state index in [1.165, 1.54) is 5.56 Å². The van der Waals surface area contributed by atoms with E-state index in [0.29, 0.717) is 17.8 Å². The molecule has 1 aliphatic heterocycles. The lowest BCUT2D eigenvalue weighted by molar-refractivity contribution is 0.411. The molecule has 0 bridgehead atoms. The largest absolute Gasteiger partial charge is 0.334 e. The summed E-state index contributed by atoms with van der Waals surface area (Å²) in [5.41, 5.74) is 9.71. The maximum absolute atomic E-state index is 5.33. The normalized spacial score (nSPS) is 17.6. The number of benzene rings is 2. The van der Waals surface area contributed by atoms with E-state index in [9.17, 15) is 0 Å². The van der Waals surface area contributed by atoms with Crippen LogP contribution in [-0.2, 0) is 0 Å². The molecule has 2 heterocycles. The number of rotatable bonds is 4. The van der Waals surface area contributed by atoms with Crippen LogP contribution in [-0.4, -0.2) is 16.7 Å². The summed E-state index contributed by atoms with van der Waals surface area (Å²) in [6.45, 7) is 0.978. The highest BCUT2D eigenvalue weighted by molar-refractivity contribution is 5.67. The average molecular weight is 318 g/mol. The maximum Gasteiger partial charge on any atom is 0.250 e. The molecule has 1 atom stereocenters. The number of aromatic nitrogens is 2. The Balaban J connectivity index is 1.54. The van der Waals surface area contributed by atoms with Crippen molar-refractivity contribution in [2.45, 2.75) is 12.5 Å². The highest BCUT2D eigenvalue weighted by atomic mass is 16.5. The zero-order chi connectivity index (χ0) is 16.2. The van der Waals surface area contributed by atoms with Gasteiger partial charge >= 0.3 is 0 Å². The van der Waals surface area contributed by atoms with Crippen LogP contribution < -0.4 is 10.9 Å². The topological polar surface area (TPSA) is 63.0 Å². The van der Waals surface area contributed by atoms with E-state index < -0.39 is 0 Å². The van der Waals surface area contributed by atoms with Gasteiger partial charge in [-0.3, -0.25) is 10.9 Å². The molecule has 4 rings (SSSR count). The third-order valence-corrected chi connectivity index (χ3v) is 4.04. The molecule has 0 radical (unpaired) electrons. The van der Waals surface area contributed by atoms with E-state index >= 15 is 0 Å². The van der Waals surface area contributed by atoms with Crippen LogP contribution in [0.2, 0.25) is 0 Å². The van der Waals surface area contributed by atoms with Crippen molar-refractivity contribution in [1.82, 2.24) is 21.0 Å². The van der Waals surface area contributed by atoms with E-state index in [2.05, 4.69) is 33.1 Å². The van der Waals surface area contributed by atoms with Gasteiger partial charge in [0.15, 0.2) is 0 Å². The second-order valence-electron chi connectivity index (χ2n) is 5.74. The summed E-state index contributed by atoms with van der Waals surface area (Å²) >= 11 is 0. The fraction of sp³-hybridized carbons (Fsp3) is 0.158. The van der Waals surface area contributed by atoms with E-state index in [-0.39, 0.29) is 0 Å². The van der Waals surface area contributed by atoms with Crippen molar-refractivity contribution >= 4 is 12.2 Å². The Bertz CT molecular complexity index is 835. The van der Waals surface area contributed by atoms with Gasteiger partial charge in [-0.15, -0.1) is 0 Å². The van der Waals surface area contributed by atoms with Crippen molar-refractivity contribution in [3.8, 4) is 11.4 Å². The SMILES string of the molecule is C(=C\c1nc(-c2cccc(C3CCNN3)c2)no1)/c1ccccc1. The Hall–Kier alpha value is -2.76. The van der Waals surface area contributed by atoms with Crippen LogP contribution in [0.25, 0.3) is 23.5 Å². The van der Waals surface area contributed by atoms with E-state index in [4.69, 9.17) is 4.52 Å². The van der Waals surface area contributed by atoms with Gasteiger partial charge in [-0.25, -0.2) is 0 Å². The molecule has 0 saturated carbocycles. The van der Waals surface area contributed by atoms with Crippen molar-refractivity contribution < 1.29 is 4.52 Å². The van der Waals surface area contributed by atoms with Crippen LogP contribution in [0.4, 0.5) is 0 Å². The van der Waals surface area contributed by atoms with Crippen molar-refractivity contribution in [3.63, 3.8) is 0 Å². The molecule has 1 unspecified atom stereocenters. The fourth-order valence-corrected chi connectivity index (χ4v) is 2.78. The quantitative estimate of drug-likeness (QED) is 0.771. The zero-order valence-electron chi connectivity index (χ0n) is 13.1. The summed E-state index contributed by atoms with van der Waals surface area (Å²) < 4.78 is 5.33. The van der Waals surface area contributed by atoms with E-state index in [1.807, 2.05) is 54.6 Å². The number of nitrogens with zero attached hydrogens (tertiary/aromatic N) is 2. The molecule has 0 aliphatic carbocycles. The minimum absolute atomic E-state index is 0.328. The molecule has 0 amide bonds. The van der Waals surface area contributed by atoms with Gasteiger partial charge in [0.2, 0.25) is 5.82 Å². The number of hydrogen-bond acceptors (Lipinski definition) is 5. The Kier molecular flexibility index (Phi) is 4.18. The Morgan fingerprint density at radius 2 is 1.96 bits per heavy atom. The van der Waals surface area contributed by atoms with Gasteiger partial charge < -0.3 is 4.52 Å². The maximum atomic E-state index is 5.33. The van der Waals surface area contributed by atoms with Crippen LogP contribution in [0, 0.1) is 0 Å². The molecule has 3 aromatic rings. The van der Waals surface area contributed by atoms with Crippen molar-refractivity contribution in [2.24, 2.45) is 0 Å². The van der Waals surface area contributed by atoms with Crippen molar-refractivity contribution in [1.29, 1.82) is 0 Å². The monoisotopic (exact) mass is 318 g/mol. The third-order valence-electron chi connectivity index (χ3n) is 4.04. The summed E-state index contributed by atoms with van der Waals surface area (Å²) in [6, 6.07) is 18.6. The molecule has 2 aromatic carbocycles. The smallest absolute Gasteiger partial charge is 0.250 e. The molecule has 2 N–H and O–H groups in total. The van der Waals surface area contributed by atoms with Crippen molar-refractivity contribution in [3.05, 3.63) is 71.6 Å². The lowest BCUT2D eigenvalue weighted by atomic mass is 10.0. The predicted molar refractivity (Wildman–Crippen MR) is 93.6 cm³/mol. The molecular weight excluding hydrogens is 300 g/mol. The van der Waals surface area contributed by atoms with Gasteiger partial charge in [-0.05, 0) is 29.7 Å². The highest BCUT2D eigenvalue weighted by Crippen LogP contribution is 2.24. The molecule has 1 aliphatic rings. The summed E-state index contributed by atoms with van der Waals surface area (Å²) in [6.07, 6.45) is 4.86. The van der Waals surface area contributed by atoms with E-state index in [0.717, 1.165) is 24.1 Å². The lowest BCUT2D eigenvalue weighted by Gasteiger charge is -2.10.